The Bertz CT molecular complexity index is 1300. The number of halogens is 4. The van der Waals surface area contributed by atoms with Gasteiger partial charge >= 0.3 is 12.1 Å². The molecule has 1 atom stereocenters. The molecule has 6 nitrogen and oxygen atoms in total. The van der Waals surface area contributed by atoms with Gasteiger partial charge in [0, 0.05) is 36.0 Å². The Morgan fingerprint density at radius 3 is 2.61 bits per heavy atom. The van der Waals surface area contributed by atoms with Gasteiger partial charge in [-0.15, -0.1) is 0 Å². The van der Waals surface area contributed by atoms with Crippen molar-refractivity contribution in [3.05, 3.63) is 46.1 Å². The van der Waals surface area contributed by atoms with Crippen LogP contribution in [0.1, 0.15) is 63.3 Å². The Kier molecular flexibility index (Phi) is 6.98. The highest BCUT2D eigenvalue weighted by Crippen LogP contribution is 2.39. The van der Waals surface area contributed by atoms with Crippen LogP contribution < -0.4 is 4.90 Å². The molecule has 1 aliphatic rings. The second-order valence-electron chi connectivity index (χ2n) is 9.89. The van der Waals surface area contributed by atoms with Gasteiger partial charge in [-0.05, 0) is 51.7 Å². The fourth-order valence-corrected chi connectivity index (χ4v) is 5.30. The van der Waals surface area contributed by atoms with Crippen molar-refractivity contribution in [1.29, 1.82) is 0 Å². The molecule has 1 fully saturated rings. The van der Waals surface area contributed by atoms with Crippen molar-refractivity contribution in [2.24, 2.45) is 5.41 Å². The first-order chi connectivity index (χ1) is 16.9. The highest BCUT2D eigenvalue weighted by Gasteiger charge is 2.41. The lowest BCUT2D eigenvalue weighted by atomic mass is 9.81. The predicted octanol–water partition coefficient (Wildman–Crippen LogP) is 6.67. The van der Waals surface area contributed by atoms with Crippen LogP contribution in [-0.2, 0) is 15.7 Å². The molecule has 0 amide bonds. The summed E-state index contributed by atoms with van der Waals surface area (Å²) in [5.41, 5.74) is 1.72. The molecule has 1 aliphatic heterocycles. The van der Waals surface area contributed by atoms with Crippen LogP contribution in [0.25, 0.3) is 16.9 Å². The van der Waals surface area contributed by atoms with Crippen LogP contribution in [0.15, 0.2) is 24.3 Å². The molecule has 4 rings (SSSR count). The molecule has 0 spiro atoms. The first-order valence-corrected chi connectivity index (χ1v) is 12.4. The molecule has 1 saturated heterocycles. The third-order valence-corrected chi connectivity index (χ3v) is 7.03. The summed E-state index contributed by atoms with van der Waals surface area (Å²) in [5.74, 6) is 0.729. The lowest BCUT2D eigenvalue weighted by molar-refractivity contribution is -0.154. The third-order valence-electron chi connectivity index (χ3n) is 6.72. The van der Waals surface area contributed by atoms with Crippen molar-refractivity contribution in [2.75, 3.05) is 24.6 Å². The number of nitrogens with zero attached hydrogens (tertiary/aromatic N) is 4. The summed E-state index contributed by atoms with van der Waals surface area (Å²) in [4.78, 5) is 19.7. The molecule has 0 unspecified atom stereocenters. The zero-order valence-electron chi connectivity index (χ0n) is 21.0. The molecule has 3 heterocycles. The molecular weight excluding hydrogens is 493 g/mol. The maximum atomic E-state index is 13.1. The second kappa shape index (κ2) is 9.57. The van der Waals surface area contributed by atoms with Crippen LogP contribution in [0.3, 0.4) is 0 Å². The molecule has 0 radical (unpaired) electrons. The number of anilines is 1. The molecule has 3 aromatic rings. The van der Waals surface area contributed by atoms with E-state index in [1.807, 2.05) is 13.8 Å². The van der Waals surface area contributed by atoms with Crippen LogP contribution in [0.5, 0.6) is 0 Å². The molecule has 1 aromatic carbocycles. The highest BCUT2D eigenvalue weighted by molar-refractivity contribution is 6.33. The molecule has 36 heavy (non-hydrogen) atoms. The van der Waals surface area contributed by atoms with Gasteiger partial charge in [0.2, 0.25) is 0 Å². The lowest BCUT2D eigenvalue weighted by Crippen LogP contribution is -2.48. The summed E-state index contributed by atoms with van der Waals surface area (Å²) < 4.78 is 46.5. The van der Waals surface area contributed by atoms with E-state index in [9.17, 15) is 18.0 Å². The summed E-state index contributed by atoms with van der Waals surface area (Å²) in [6.07, 6.45) is -2.97. The van der Waals surface area contributed by atoms with E-state index in [4.69, 9.17) is 26.4 Å². The number of aryl methyl sites for hydroxylation is 1. The smallest absolute Gasteiger partial charge is 0.416 e. The predicted molar refractivity (Wildman–Crippen MR) is 133 cm³/mol. The minimum absolute atomic E-state index is 0.0385. The number of alkyl halides is 3. The quantitative estimate of drug-likeness (QED) is 0.350. The fraction of sp³-hybridized carbons (Fsp3) is 0.500. The summed E-state index contributed by atoms with van der Waals surface area (Å²) in [6.45, 7) is 11.3. The summed E-state index contributed by atoms with van der Waals surface area (Å²) in [5, 5.41) is 4.72. The number of carbonyl (C=O) groups excluding carboxylic acids is 1. The molecular formula is C26H30ClF3N4O2. The van der Waals surface area contributed by atoms with Crippen LogP contribution in [0.4, 0.5) is 19.0 Å². The van der Waals surface area contributed by atoms with E-state index in [0.717, 1.165) is 48.6 Å². The van der Waals surface area contributed by atoms with Crippen LogP contribution >= 0.6 is 11.6 Å². The van der Waals surface area contributed by atoms with Gasteiger partial charge in [-0.1, -0.05) is 31.5 Å². The SMILES string of the molecule is CCOC(=O)[C@@]1(C)CCCN(c2c(C(C)C)c(C)nc3cc(-c4ccc(C(F)(F)F)cc4Cl)nn23)C1. The molecule has 0 aliphatic carbocycles. The van der Waals surface area contributed by atoms with Crippen LogP contribution in [0, 0.1) is 12.3 Å². The largest absolute Gasteiger partial charge is 0.466 e. The first kappa shape index (κ1) is 26.3. The molecule has 2 aromatic heterocycles. The van der Waals surface area contributed by atoms with E-state index in [1.54, 1.807) is 17.5 Å². The Morgan fingerprint density at radius 2 is 2.00 bits per heavy atom. The maximum Gasteiger partial charge on any atom is 0.416 e. The fourth-order valence-electron chi connectivity index (χ4n) is 5.02. The number of benzene rings is 1. The monoisotopic (exact) mass is 522 g/mol. The Morgan fingerprint density at radius 1 is 1.28 bits per heavy atom. The van der Waals surface area contributed by atoms with Gasteiger partial charge in [-0.3, -0.25) is 4.79 Å². The van der Waals surface area contributed by atoms with E-state index in [-0.39, 0.29) is 16.9 Å². The Balaban J connectivity index is 1.85. The number of piperidine rings is 1. The van der Waals surface area contributed by atoms with Gasteiger partial charge in [0.1, 0.15) is 5.82 Å². The third kappa shape index (κ3) is 4.77. The zero-order valence-corrected chi connectivity index (χ0v) is 21.8. The van der Waals surface area contributed by atoms with Gasteiger partial charge in [-0.25, -0.2) is 4.98 Å². The van der Waals surface area contributed by atoms with Crippen LogP contribution in [-0.4, -0.2) is 40.3 Å². The van der Waals surface area contributed by atoms with Gasteiger partial charge in [0.25, 0.3) is 0 Å². The van der Waals surface area contributed by atoms with E-state index in [2.05, 4.69) is 18.7 Å². The minimum atomic E-state index is -4.49. The van der Waals surface area contributed by atoms with Gasteiger partial charge in [-0.2, -0.15) is 22.8 Å². The highest BCUT2D eigenvalue weighted by atomic mass is 35.5. The standard InChI is InChI=1S/C26H30ClF3N4O2/c1-6-36-24(35)25(5)10-7-11-33(14-25)23-22(15(2)3)16(4)31-21-13-20(32-34(21)23)18-9-8-17(12-19(18)27)26(28,29)30/h8-9,12-13,15H,6-7,10-11,14H2,1-5H3/t25-/m0/s1. The number of ether oxygens (including phenoxy) is 1. The van der Waals surface area contributed by atoms with E-state index in [0.29, 0.717) is 30.1 Å². The number of hydrogen-bond donors (Lipinski definition) is 0. The average molecular weight is 523 g/mol. The summed E-state index contributed by atoms with van der Waals surface area (Å²) >= 11 is 6.27. The maximum absolute atomic E-state index is 13.1. The molecule has 0 saturated carbocycles. The number of carbonyl (C=O) groups is 1. The van der Waals surface area contributed by atoms with Crippen molar-refractivity contribution >= 4 is 29.0 Å². The normalized spacial score (nSPS) is 18.8. The van der Waals surface area contributed by atoms with Gasteiger partial charge in [0.05, 0.1) is 28.3 Å². The zero-order chi connectivity index (χ0) is 26.4. The van der Waals surface area contributed by atoms with Crippen molar-refractivity contribution in [3.8, 4) is 11.3 Å². The number of fused-ring (bicyclic) bond motifs is 1. The lowest BCUT2D eigenvalue weighted by Gasteiger charge is -2.40. The summed E-state index contributed by atoms with van der Waals surface area (Å²) in [7, 11) is 0. The Hall–Kier alpha value is -2.81. The Labute approximate surface area is 213 Å². The average Bonchev–Trinajstić information content (AvgIpc) is 3.20. The summed E-state index contributed by atoms with van der Waals surface area (Å²) in [6, 6.07) is 4.97. The molecule has 194 valence electrons. The number of rotatable bonds is 5. The van der Waals surface area contributed by atoms with Crippen molar-refractivity contribution in [3.63, 3.8) is 0 Å². The minimum Gasteiger partial charge on any atom is -0.466 e. The number of aromatic nitrogens is 3. The second-order valence-corrected chi connectivity index (χ2v) is 10.3. The van der Waals surface area contributed by atoms with Crippen molar-refractivity contribution < 1.29 is 22.7 Å². The van der Waals surface area contributed by atoms with Crippen molar-refractivity contribution in [2.45, 2.75) is 59.6 Å². The number of esters is 1. The van der Waals surface area contributed by atoms with Gasteiger partial charge in [0.15, 0.2) is 5.65 Å². The van der Waals surface area contributed by atoms with E-state index >= 15 is 0 Å². The topological polar surface area (TPSA) is 59.7 Å². The van der Waals surface area contributed by atoms with Crippen LogP contribution in [0.2, 0.25) is 5.02 Å². The van der Waals surface area contributed by atoms with E-state index in [1.165, 1.54) is 6.07 Å². The van der Waals surface area contributed by atoms with E-state index < -0.39 is 17.2 Å². The van der Waals surface area contributed by atoms with Crippen molar-refractivity contribution in [1.82, 2.24) is 14.6 Å². The molecule has 0 bridgehead atoms. The number of hydrogen-bond acceptors (Lipinski definition) is 5. The molecule has 0 N–H and O–H groups in total. The molecule has 10 heteroatoms. The first-order valence-electron chi connectivity index (χ1n) is 12.0. The van der Waals surface area contributed by atoms with Gasteiger partial charge < -0.3 is 9.64 Å².